The van der Waals surface area contributed by atoms with Crippen molar-refractivity contribution in [1.29, 1.82) is 0 Å². The van der Waals surface area contributed by atoms with E-state index in [-0.39, 0.29) is 11.7 Å². The van der Waals surface area contributed by atoms with Gasteiger partial charge in [0.1, 0.15) is 11.9 Å². The molecule has 0 saturated heterocycles. The quantitative estimate of drug-likeness (QED) is 0.635. The van der Waals surface area contributed by atoms with Crippen LogP contribution >= 0.6 is 0 Å². The van der Waals surface area contributed by atoms with Crippen molar-refractivity contribution < 1.29 is 4.92 Å². The number of nitrogens with zero attached hydrogens (tertiary/aromatic N) is 2. The topological polar surface area (TPSA) is 94.1 Å². The van der Waals surface area contributed by atoms with E-state index in [2.05, 4.69) is 10.3 Å². The molecule has 0 radical (unpaired) electrons. The largest absolute Gasteiger partial charge is 0.377 e. The lowest BCUT2D eigenvalue weighted by atomic mass is 10.1. The number of fused-ring (bicyclic) bond motifs is 1. The summed E-state index contributed by atoms with van der Waals surface area (Å²) in [6.07, 6.45) is 2.09. The fraction of sp³-hybridized carbons (Fsp3) is 0.308. The third-order valence-corrected chi connectivity index (χ3v) is 3.02. The first-order chi connectivity index (χ1) is 9.13. The zero-order valence-electron chi connectivity index (χ0n) is 10.7. The van der Waals surface area contributed by atoms with Crippen LogP contribution in [0.3, 0.4) is 0 Å². The second-order valence-electron chi connectivity index (χ2n) is 4.34. The van der Waals surface area contributed by atoms with E-state index in [4.69, 9.17) is 5.73 Å². The number of anilines is 1. The highest BCUT2D eigenvalue weighted by Gasteiger charge is 2.17. The van der Waals surface area contributed by atoms with Gasteiger partial charge in [-0.2, -0.15) is 0 Å². The predicted octanol–water partition coefficient (Wildman–Crippen LogP) is 2.29. The number of rotatable bonds is 5. The lowest BCUT2D eigenvalue weighted by Crippen LogP contribution is -2.28. The molecule has 1 aromatic heterocycles. The average molecular weight is 260 g/mol. The Morgan fingerprint density at radius 3 is 2.89 bits per heavy atom. The lowest BCUT2D eigenvalue weighted by molar-refractivity contribution is -0.384. The van der Waals surface area contributed by atoms with Crippen molar-refractivity contribution in [3.8, 4) is 0 Å². The number of nitro groups is 1. The van der Waals surface area contributed by atoms with Gasteiger partial charge in [-0.15, -0.1) is 0 Å². The van der Waals surface area contributed by atoms with Gasteiger partial charge in [-0.3, -0.25) is 10.1 Å². The maximum absolute atomic E-state index is 11.1. The molecule has 0 aliphatic rings. The van der Waals surface area contributed by atoms with Gasteiger partial charge in [0, 0.05) is 18.0 Å². The minimum absolute atomic E-state index is 0.0259. The molecule has 1 unspecified atom stereocenters. The van der Waals surface area contributed by atoms with Crippen LogP contribution in [0.5, 0.6) is 0 Å². The number of para-hydroxylation sites is 1. The summed E-state index contributed by atoms with van der Waals surface area (Å²) in [5.41, 5.74) is 7.03. The molecule has 0 saturated carbocycles. The molecule has 0 aliphatic carbocycles. The third-order valence-electron chi connectivity index (χ3n) is 3.02. The van der Waals surface area contributed by atoms with E-state index >= 15 is 0 Å². The standard InChI is InChI=1S/C13H16N4O2/c1-2-9(14)7-16-13-10-5-3-4-6-11(10)15-8-12(13)17(18)19/h3-6,8-9H,2,7,14H2,1H3,(H,15,16). The highest BCUT2D eigenvalue weighted by atomic mass is 16.6. The Balaban J connectivity index is 2.46. The molecule has 2 aromatic rings. The molecular formula is C13H16N4O2. The second-order valence-corrected chi connectivity index (χ2v) is 4.34. The van der Waals surface area contributed by atoms with Crippen molar-refractivity contribution in [2.75, 3.05) is 11.9 Å². The van der Waals surface area contributed by atoms with Gasteiger partial charge in [0.15, 0.2) is 0 Å². The molecule has 6 heteroatoms. The van der Waals surface area contributed by atoms with Crippen LogP contribution < -0.4 is 11.1 Å². The van der Waals surface area contributed by atoms with Crippen LogP contribution in [0.15, 0.2) is 30.5 Å². The van der Waals surface area contributed by atoms with E-state index in [0.717, 1.165) is 17.3 Å². The van der Waals surface area contributed by atoms with Crippen LogP contribution in [0.4, 0.5) is 11.4 Å². The number of hydrogen-bond donors (Lipinski definition) is 2. The average Bonchev–Trinajstić information content (AvgIpc) is 2.43. The predicted molar refractivity (Wildman–Crippen MR) is 75.2 cm³/mol. The van der Waals surface area contributed by atoms with Crippen LogP contribution in [0, 0.1) is 10.1 Å². The highest BCUT2D eigenvalue weighted by molar-refractivity contribution is 5.95. The third kappa shape index (κ3) is 2.79. The number of hydrogen-bond acceptors (Lipinski definition) is 5. The Bertz CT molecular complexity index is 600. The molecule has 2 rings (SSSR count). The molecule has 0 bridgehead atoms. The summed E-state index contributed by atoms with van der Waals surface area (Å²) < 4.78 is 0. The smallest absolute Gasteiger partial charge is 0.311 e. The summed E-state index contributed by atoms with van der Waals surface area (Å²) in [5, 5.41) is 14.9. The lowest BCUT2D eigenvalue weighted by Gasteiger charge is -2.13. The molecular weight excluding hydrogens is 244 g/mol. The van der Waals surface area contributed by atoms with E-state index < -0.39 is 4.92 Å². The molecule has 1 aromatic carbocycles. The molecule has 1 atom stereocenters. The monoisotopic (exact) mass is 260 g/mol. The SMILES string of the molecule is CCC(N)CNc1c([N+](=O)[O-])cnc2ccccc12. The summed E-state index contributed by atoms with van der Waals surface area (Å²) in [7, 11) is 0. The molecule has 6 nitrogen and oxygen atoms in total. The zero-order valence-corrected chi connectivity index (χ0v) is 10.7. The van der Waals surface area contributed by atoms with Gasteiger partial charge in [0.05, 0.1) is 10.4 Å². The Morgan fingerprint density at radius 1 is 1.47 bits per heavy atom. The fourth-order valence-electron chi connectivity index (χ4n) is 1.83. The Kier molecular flexibility index (Phi) is 3.91. The normalized spacial score (nSPS) is 12.3. The first-order valence-electron chi connectivity index (χ1n) is 6.15. The van der Waals surface area contributed by atoms with E-state index in [9.17, 15) is 10.1 Å². The first kappa shape index (κ1) is 13.2. The molecule has 0 aliphatic heterocycles. The van der Waals surface area contributed by atoms with Gasteiger partial charge < -0.3 is 11.1 Å². The van der Waals surface area contributed by atoms with E-state index in [1.807, 2.05) is 31.2 Å². The van der Waals surface area contributed by atoms with Crippen LogP contribution in [0.2, 0.25) is 0 Å². The fourth-order valence-corrected chi connectivity index (χ4v) is 1.83. The van der Waals surface area contributed by atoms with Crippen LogP contribution in [-0.2, 0) is 0 Å². The number of pyridine rings is 1. The van der Waals surface area contributed by atoms with Crippen molar-refractivity contribution in [3.05, 3.63) is 40.6 Å². The summed E-state index contributed by atoms with van der Waals surface area (Å²) in [6.45, 7) is 2.47. The molecule has 100 valence electrons. The van der Waals surface area contributed by atoms with Crippen LogP contribution in [0.25, 0.3) is 10.9 Å². The minimum atomic E-state index is -0.431. The summed E-state index contributed by atoms with van der Waals surface area (Å²) >= 11 is 0. The molecule has 0 fully saturated rings. The molecule has 1 heterocycles. The maximum atomic E-state index is 11.1. The molecule has 0 amide bonds. The van der Waals surface area contributed by atoms with Gasteiger partial charge in [0.25, 0.3) is 0 Å². The Morgan fingerprint density at radius 2 is 2.21 bits per heavy atom. The maximum Gasteiger partial charge on any atom is 0.311 e. The van der Waals surface area contributed by atoms with Crippen molar-refractivity contribution in [3.63, 3.8) is 0 Å². The van der Waals surface area contributed by atoms with E-state index in [0.29, 0.717) is 12.2 Å². The number of nitrogens with one attached hydrogen (secondary N) is 1. The number of benzene rings is 1. The van der Waals surface area contributed by atoms with Gasteiger partial charge in [-0.1, -0.05) is 25.1 Å². The van der Waals surface area contributed by atoms with E-state index in [1.165, 1.54) is 6.20 Å². The van der Waals surface area contributed by atoms with Crippen LogP contribution in [0.1, 0.15) is 13.3 Å². The van der Waals surface area contributed by atoms with Crippen molar-refractivity contribution in [2.24, 2.45) is 5.73 Å². The second kappa shape index (κ2) is 5.62. The van der Waals surface area contributed by atoms with Gasteiger partial charge in [-0.05, 0) is 12.5 Å². The minimum Gasteiger partial charge on any atom is -0.377 e. The number of nitrogens with two attached hydrogens (primary N) is 1. The first-order valence-corrected chi connectivity index (χ1v) is 6.15. The Hall–Kier alpha value is -2.21. The van der Waals surface area contributed by atoms with Gasteiger partial charge in [-0.25, -0.2) is 4.98 Å². The Labute approximate surface area is 110 Å². The molecule has 3 N–H and O–H groups in total. The molecule has 19 heavy (non-hydrogen) atoms. The van der Waals surface area contributed by atoms with Crippen molar-refractivity contribution in [2.45, 2.75) is 19.4 Å². The van der Waals surface area contributed by atoms with E-state index in [1.54, 1.807) is 0 Å². The van der Waals surface area contributed by atoms with Gasteiger partial charge >= 0.3 is 5.69 Å². The van der Waals surface area contributed by atoms with Crippen molar-refractivity contribution >= 4 is 22.3 Å². The van der Waals surface area contributed by atoms with Crippen molar-refractivity contribution in [1.82, 2.24) is 4.98 Å². The zero-order chi connectivity index (χ0) is 13.8. The highest BCUT2D eigenvalue weighted by Crippen LogP contribution is 2.31. The summed E-state index contributed by atoms with van der Waals surface area (Å²) in [5.74, 6) is 0. The summed E-state index contributed by atoms with van der Waals surface area (Å²) in [4.78, 5) is 14.7. The van der Waals surface area contributed by atoms with Crippen LogP contribution in [-0.4, -0.2) is 22.5 Å². The molecule has 0 spiro atoms. The van der Waals surface area contributed by atoms with Gasteiger partial charge in [0.2, 0.25) is 0 Å². The summed E-state index contributed by atoms with van der Waals surface area (Å²) in [6, 6.07) is 7.28. The number of aromatic nitrogens is 1.